The Balaban J connectivity index is 3.27. The zero-order valence-corrected chi connectivity index (χ0v) is 16.4. The molecule has 0 aromatic rings. The summed E-state index contributed by atoms with van der Waals surface area (Å²) in [5.41, 5.74) is 0. The van der Waals surface area contributed by atoms with E-state index in [1.807, 2.05) is 6.92 Å². The standard InChI is InChI=1S/C21H40O3/c1-4-14-19(3)17-18-20(22)15-12-10-8-6-7-9-11-13-16-21(23)24-5-2/h19H,4-18H2,1-3H3/t19-/m1/s1. The molecule has 0 aromatic heterocycles. The van der Waals surface area contributed by atoms with E-state index in [0.29, 0.717) is 24.7 Å². The van der Waals surface area contributed by atoms with Gasteiger partial charge in [-0.3, -0.25) is 9.59 Å². The fraction of sp³-hybridized carbons (Fsp3) is 0.905. The first-order valence-corrected chi connectivity index (χ1v) is 10.3. The Morgan fingerprint density at radius 1 is 0.750 bits per heavy atom. The minimum absolute atomic E-state index is 0.0637. The van der Waals surface area contributed by atoms with E-state index in [-0.39, 0.29) is 5.97 Å². The van der Waals surface area contributed by atoms with Gasteiger partial charge in [-0.25, -0.2) is 0 Å². The van der Waals surface area contributed by atoms with E-state index in [1.54, 1.807) is 0 Å². The number of ketones is 1. The van der Waals surface area contributed by atoms with Gasteiger partial charge in [0, 0.05) is 19.3 Å². The average Bonchev–Trinajstić information content (AvgIpc) is 2.55. The number of rotatable bonds is 17. The van der Waals surface area contributed by atoms with Crippen molar-refractivity contribution in [3.05, 3.63) is 0 Å². The molecule has 0 aliphatic heterocycles. The van der Waals surface area contributed by atoms with Gasteiger partial charge in [0.05, 0.1) is 6.61 Å². The molecule has 3 heteroatoms. The van der Waals surface area contributed by atoms with E-state index < -0.39 is 0 Å². The third-order valence-electron chi connectivity index (χ3n) is 4.59. The van der Waals surface area contributed by atoms with E-state index in [4.69, 9.17) is 4.74 Å². The molecule has 0 spiro atoms. The SMILES string of the molecule is CCC[C@@H](C)CCC(=O)CCCCCCCCCCC(=O)OCC. The normalized spacial score (nSPS) is 12.1. The Morgan fingerprint density at radius 3 is 1.83 bits per heavy atom. The van der Waals surface area contributed by atoms with Crippen LogP contribution in [0.25, 0.3) is 0 Å². The van der Waals surface area contributed by atoms with Crippen molar-refractivity contribution in [1.29, 1.82) is 0 Å². The Hall–Kier alpha value is -0.860. The summed E-state index contributed by atoms with van der Waals surface area (Å²) in [6.45, 7) is 6.79. The maximum absolute atomic E-state index is 11.8. The van der Waals surface area contributed by atoms with Crippen molar-refractivity contribution in [2.75, 3.05) is 6.61 Å². The summed E-state index contributed by atoms with van der Waals surface area (Å²) < 4.78 is 4.91. The van der Waals surface area contributed by atoms with Gasteiger partial charge >= 0.3 is 5.97 Å². The van der Waals surface area contributed by atoms with E-state index in [0.717, 1.165) is 38.5 Å². The molecule has 0 fully saturated rings. The monoisotopic (exact) mass is 340 g/mol. The van der Waals surface area contributed by atoms with Gasteiger partial charge in [-0.15, -0.1) is 0 Å². The fourth-order valence-electron chi connectivity index (χ4n) is 3.05. The van der Waals surface area contributed by atoms with Gasteiger partial charge in [0.2, 0.25) is 0 Å². The third-order valence-corrected chi connectivity index (χ3v) is 4.59. The summed E-state index contributed by atoms with van der Waals surface area (Å²) in [4.78, 5) is 23.0. The van der Waals surface area contributed by atoms with Crippen LogP contribution in [0.3, 0.4) is 0 Å². The summed E-state index contributed by atoms with van der Waals surface area (Å²) in [7, 11) is 0. The van der Waals surface area contributed by atoms with Crippen molar-refractivity contribution in [3.8, 4) is 0 Å². The van der Waals surface area contributed by atoms with Crippen LogP contribution in [-0.2, 0) is 14.3 Å². The highest BCUT2D eigenvalue weighted by Crippen LogP contribution is 2.15. The van der Waals surface area contributed by atoms with Crippen LogP contribution >= 0.6 is 0 Å². The summed E-state index contributed by atoms with van der Waals surface area (Å²) >= 11 is 0. The molecular weight excluding hydrogens is 300 g/mol. The van der Waals surface area contributed by atoms with E-state index in [1.165, 1.54) is 44.9 Å². The number of hydrogen-bond acceptors (Lipinski definition) is 3. The van der Waals surface area contributed by atoms with Crippen molar-refractivity contribution >= 4 is 11.8 Å². The average molecular weight is 341 g/mol. The molecule has 0 rings (SSSR count). The summed E-state index contributed by atoms with van der Waals surface area (Å²) in [6, 6.07) is 0. The van der Waals surface area contributed by atoms with Crippen molar-refractivity contribution < 1.29 is 14.3 Å². The Labute approximate surface area is 149 Å². The van der Waals surface area contributed by atoms with Gasteiger partial charge in [0.15, 0.2) is 0 Å². The van der Waals surface area contributed by atoms with Crippen LogP contribution in [-0.4, -0.2) is 18.4 Å². The van der Waals surface area contributed by atoms with E-state index in [9.17, 15) is 9.59 Å². The van der Waals surface area contributed by atoms with Crippen LogP contribution in [0.5, 0.6) is 0 Å². The number of Topliss-reactive ketones (excluding diaryl/α,β-unsaturated/α-hetero) is 1. The fourth-order valence-corrected chi connectivity index (χ4v) is 3.05. The van der Waals surface area contributed by atoms with Gasteiger partial charge < -0.3 is 4.74 Å². The van der Waals surface area contributed by atoms with Gasteiger partial charge in [0.25, 0.3) is 0 Å². The van der Waals surface area contributed by atoms with Crippen molar-refractivity contribution in [2.24, 2.45) is 5.92 Å². The Bertz CT molecular complexity index is 312. The second kappa shape index (κ2) is 17.0. The Morgan fingerprint density at radius 2 is 1.29 bits per heavy atom. The van der Waals surface area contributed by atoms with Gasteiger partial charge in [-0.1, -0.05) is 65.2 Å². The van der Waals surface area contributed by atoms with Gasteiger partial charge in [-0.2, -0.15) is 0 Å². The molecule has 0 aromatic carbocycles. The first kappa shape index (κ1) is 23.1. The second-order valence-corrected chi connectivity index (χ2v) is 7.10. The first-order chi connectivity index (χ1) is 11.6. The van der Waals surface area contributed by atoms with Crippen LogP contribution in [0.15, 0.2) is 0 Å². The number of hydrogen-bond donors (Lipinski definition) is 0. The molecule has 1 atom stereocenters. The minimum atomic E-state index is -0.0637. The molecule has 142 valence electrons. The number of esters is 1. The van der Waals surface area contributed by atoms with Crippen LogP contribution in [0, 0.1) is 5.92 Å². The molecule has 0 unspecified atom stereocenters. The lowest BCUT2D eigenvalue weighted by Crippen LogP contribution is -2.03. The number of carbonyl (C=O) groups excluding carboxylic acids is 2. The first-order valence-electron chi connectivity index (χ1n) is 10.3. The molecule has 0 heterocycles. The molecule has 3 nitrogen and oxygen atoms in total. The molecule has 0 aliphatic carbocycles. The third kappa shape index (κ3) is 16.0. The maximum atomic E-state index is 11.8. The van der Waals surface area contributed by atoms with Crippen LogP contribution in [0.2, 0.25) is 0 Å². The lowest BCUT2D eigenvalue weighted by molar-refractivity contribution is -0.143. The lowest BCUT2D eigenvalue weighted by atomic mass is 9.97. The minimum Gasteiger partial charge on any atom is -0.466 e. The Kier molecular flexibility index (Phi) is 16.4. The molecule has 24 heavy (non-hydrogen) atoms. The van der Waals surface area contributed by atoms with E-state index in [2.05, 4.69) is 13.8 Å². The highest BCUT2D eigenvalue weighted by molar-refractivity contribution is 5.78. The smallest absolute Gasteiger partial charge is 0.305 e. The highest BCUT2D eigenvalue weighted by atomic mass is 16.5. The zero-order chi connectivity index (χ0) is 18.0. The molecular formula is C21H40O3. The summed E-state index contributed by atoms with van der Waals surface area (Å²) in [5.74, 6) is 1.09. The maximum Gasteiger partial charge on any atom is 0.305 e. The second-order valence-electron chi connectivity index (χ2n) is 7.10. The largest absolute Gasteiger partial charge is 0.466 e. The quantitative estimate of drug-likeness (QED) is 0.233. The van der Waals surface area contributed by atoms with Crippen LogP contribution < -0.4 is 0 Å². The van der Waals surface area contributed by atoms with Gasteiger partial charge in [0.1, 0.15) is 5.78 Å². The molecule has 0 bridgehead atoms. The van der Waals surface area contributed by atoms with Crippen molar-refractivity contribution in [2.45, 2.75) is 111 Å². The molecule has 0 aliphatic rings. The highest BCUT2D eigenvalue weighted by Gasteiger charge is 2.06. The van der Waals surface area contributed by atoms with Crippen LogP contribution in [0.4, 0.5) is 0 Å². The molecule has 0 radical (unpaired) electrons. The predicted octanol–water partition coefficient (Wildman–Crippen LogP) is 6.24. The van der Waals surface area contributed by atoms with Crippen LogP contribution in [0.1, 0.15) is 111 Å². The topological polar surface area (TPSA) is 43.4 Å². The number of ether oxygens (including phenoxy) is 1. The summed E-state index contributed by atoms with van der Waals surface area (Å²) in [6.07, 6.45) is 14.9. The van der Waals surface area contributed by atoms with Gasteiger partial charge in [-0.05, 0) is 32.1 Å². The van der Waals surface area contributed by atoms with Crippen molar-refractivity contribution in [3.63, 3.8) is 0 Å². The number of carbonyl (C=O) groups is 2. The van der Waals surface area contributed by atoms with E-state index >= 15 is 0 Å². The van der Waals surface area contributed by atoms with Crippen molar-refractivity contribution in [1.82, 2.24) is 0 Å². The lowest BCUT2D eigenvalue weighted by Gasteiger charge is -2.08. The molecule has 0 amide bonds. The number of unbranched alkanes of at least 4 members (excludes halogenated alkanes) is 7. The molecule has 0 saturated carbocycles. The predicted molar refractivity (Wildman–Crippen MR) is 101 cm³/mol. The molecule has 0 saturated heterocycles. The molecule has 0 N–H and O–H groups in total. The zero-order valence-electron chi connectivity index (χ0n) is 16.4. The summed E-state index contributed by atoms with van der Waals surface area (Å²) in [5, 5.41) is 0.